The molecule has 1 saturated heterocycles. The Morgan fingerprint density at radius 3 is 2.95 bits per heavy atom. The fraction of sp³-hybridized carbons (Fsp3) is 0.647. The summed E-state index contributed by atoms with van der Waals surface area (Å²) in [6, 6.07) is 9.01. The van der Waals surface area contributed by atoms with Crippen molar-refractivity contribution < 1.29 is 4.74 Å². The van der Waals surface area contributed by atoms with Crippen LogP contribution in [0.3, 0.4) is 0 Å². The SMILES string of the molecule is CNCc1ccccc1OCCN1CCCCCC1C. The predicted octanol–water partition coefficient (Wildman–Crippen LogP) is 3.05. The van der Waals surface area contributed by atoms with E-state index in [-0.39, 0.29) is 0 Å². The molecular weight excluding hydrogens is 248 g/mol. The normalized spacial score (nSPS) is 20.6. The van der Waals surface area contributed by atoms with Gasteiger partial charge in [0.05, 0.1) is 0 Å². The van der Waals surface area contributed by atoms with Crippen LogP contribution < -0.4 is 10.1 Å². The fourth-order valence-corrected chi connectivity index (χ4v) is 2.92. The molecule has 1 aliphatic heterocycles. The first-order chi connectivity index (χ1) is 9.81. The van der Waals surface area contributed by atoms with Crippen molar-refractivity contribution in [3.63, 3.8) is 0 Å². The van der Waals surface area contributed by atoms with Gasteiger partial charge in [0.1, 0.15) is 12.4 Å². The summed E-state index contributed by atoms with van der Waals surface area (Å²) < 4.78 is 6.00. The van der Waals surface area contributed by atoms with Gasteiger partial charge in [-0.2, -0.15) is 0 Å². The van der Waals surface area contributed by atoms with Crippen LogP contribution in [0.25, 0.3) is 0 Å². The lowest BCUT2D eigenvalue weighted by Gasteiger charge is -2.26. The molecule has 0 spiro atoms. The van der Waals surface area contributed by atoms with Gasteiger partial charge >= 0.3 is 0 Å². The van der Waals surface area contributed by atoms with E-state index in [0.717, 1.165) is 25.4 Å². The molecule has 0 bridgehead atoms. The van der Waals surface area contributed by atoms with Gasteiger partial charge in [0, 0.05) is 24.7 Å². The zero-order chi connectivity index (χ0) is 14.2. The number of ether oxygens (including phenoxy) is 1. The highest BCUT2D eigenvalue weighted by Gasteiger charge is 2.16. The number of nitrogens with one attached hydrogen (secondary N) is 1. The third-order valence-electron chi connectivity index (χ3n) is 4.17. The highest BCUT2D eigenvalue weighted by atomic mass is 16.5. The van der Waals surface area contributed by atoms with Gasteiger partial charge in [-0.3, -0.25) is 4.90 Å². The lowest BCUT2D eigenvalue weighted by atomic mass is 10.1. The maximum absolute atomic E-state index is 6.00. The summed E-state index contributed by atoms with van der Waals surface area (Å²) in [4.78, 5) is 2.58. The maximum Gasteiger partial charge on any atom is 0.123 e. The Morgan fingerprint density at radius 2 is 2.10 bits per heavy atom. The number of para-hydroxylation sites is 1. The van der Waals surface area contributed by atoms with E-state index in [0.29, 0.717) is 6.04 Å². The molecular formula is C17H28N2O. The van der Waals surface area contributed by atoms with Crippen LogP contribution in [0.4, 0.5) is 0 Å². The second-order valence-corrected chi connectivity index (χ2v) is 5.72. The number of benzene rings is 1. The molecule has 0 radical (unpaired) electrons. The molecule has 1 aromatic rings. The summed E-state index contributed by atoms with van der Waals surface area (Å²) in [6.07, 6.45) is 5.42. The molecule has 0 amide bonds. The van der Waals surface area contributed by atoms with Gasteiger partial charge in [-0.05, 0) is 39.4 Å². The van der Waals surface area contributed by atoms with Gasteiger partial charge in [-0.1, -0.05) is 31.0 Å². The summed E-state index contributed by atoms with van der Waals surface area (Å²) in [7, 11) is 1.97. The van der Waals surface area contributed by atoms with Crippen molar-refractivity contribution in [1.29, 1.82) is 0 Å². The summed E-state index contributed by atoms with van der Waals surface area (Å²) in [6.45, 7) is 6.25. The summed E-state index contributed by atoms with van der Waals surface area (Å²) >= 11 is 0. The Kier molecular flexibility index (Phi) is 6.34. The van der Waals surface area contributed by atoms with Crippen molar-refractivity contribution in [3.8, 4) is 5.75 Å². The molecule has 1 N–H and O–H groups in total. The Bertz CT molecular complexity index is 394. The highest BCUT2D eigenvalue weighted by Crippen LogP contribution is 2.19. The van der Waals surface area contributed by atoms with Gasteiger partial charge in [-0.15, -0.1) is 0 Å². The monoisotopic (exact) mass is 276 g/mol. The topological polar surface area (TPSA) is 24.5 Å². The van der Waals surface area contributed by atoms with E-state index >= 15 is 0 Å². The summed E-state index contributed by atoms with van der Waals surface area (Å²) in [5.74, 6) is 1.02. The molecule has 0 aromatic heterocycles. The minimum absolute atomic E-state index is 0.702. The number of likely N-dealkylation sites (tertiary alicyclic amines) is 1. The molecule has 1 atom stereocenters. The standard InChI is InChI=1S/C17H28N2O/c1-15-8-4-3-7-11-19(15)12-13-20-17-10-6-5-9-16(17)14-18-2/h5-6,9-10,15,18H,3-4,7-8,11-14H2,1-2H3. The molecule has 112 valence electrons. The van der Waals surface area contributed by atoms with Crippen LogP contribution in [0.15, 0.2) is 24.3 Å². The second kappa shape index (κ2) is 8.28. The minimum Gasteiger partial charge on any atom is -0.492 e. The molecule has 1 unspecified atom stereocenters. The molecule has 3 heteroatoms. The Hall–Kier alpha value is -1.06. The van der Waals surface area contributed by atoms with Crippen LogP contribution >= 0.6 is 0 Å². The zero-order valence-electron chi connectivity index (χ0n) is 12.9. The third kappa shape index (κ3) is 4.50. The van der Waals surface area contributed by atoms with Crippen LogP contribution in [0.2, 0.25) is 0 Å². The third-order valence-corrected chi connectivity index (χ3v) is 4.17. The zero-order valence-corrected chi connectivity index (χ0v) is 12.9. The van der Waals surface area contributed by atoms with Gasteiger partial charge in [0.2, 0.25) is 0 Å². The van der Waals surface area contributed by atoms with Crippen molar-refractivity contribution in [2.45, 2.75) is 45.2 Å². The van der Waals surface area contributed by atoms with Crippen molar-refractivity contribution in [1.82, 2.24) is 10.2 Å². The van der Waals surface area contributed by atoms with Crippen LogP contribution in [0, 0.1) is 0 Å². The largest absolute Gasteiger partial charge is 0.492 e. The highest BCUT2D eigenvalue weighted by molar-refractivity contribution is 5.33. The van der Waals surface area contributed by atoms with E-state index in [2.05, 4.69) is 35.3 Å². The summed E-state index contributed by atoms with van der Waals surface area (Å²) in [5, 5.41) is 3.19. The number of nitrogens with zero attached hydrogens (tertiary/aromatic N) is 1. The Morgan fingerprint density at radius 1 is 1.25 bits per heavy atom. The summed E-state index contributed by atoms with van der Waals surface area (Å²) in [5.41, 5.74) is 1.24. The quantitative estimate of drug-likeness (QED) is 0.864. The average Bonchev–Trinajstić information content (AvgIpc) is 2.66. The van der Waals surface area contributed by atoms with Crippen LogP contribution in [-0.4, -0.2) is 37.7 Å². The van der Waals surface area contributed by atoms with Gasteiger partial charge in [0.25, 0.3) is 0 Å². The smallest absolute Gasteiger partial charge is 0.123 e. The Labute approximate surface area is 123 Å². The lowest BCUT2D eigenvalue weighted by molar-refractivity contribution is 0.170. The number of rotatable bonds is 6. The lowest BCUT2D eigenvalue weighted by Crippen LogP contribution is -2.36. The van der Waals surface area contributed by atoms with Crippen molar-refractivity contribution in [2.75, 3.05) is 26.7 Å². The first-order valence-corrected chi connectivity index (χ1v) is 7.90. The Balaban J connectivity index is 1.83. The van der Waals surface area contributed by atoms with E-state index in [1.165, 1.54) is 37.8 Å². The molecule has 1 fully saturated rings. The van der Waals surface area contributed by atoms with Crippen LogP contribution in [-0.2, 0) is 6.54 Å². The number of hydrogen-bond donors (Lipinski definition) is 1. The molecule has 1 heterocycles. The fourth-order valence-electron chi connectivity index (χ4n) is 2.92. The molecule has 3 nitrogen and oxygen atoms in total. The van der Waals surface area contributed by atoms with Gasteiger partial charge in [0.15, 0.2) is 0 Å². The van der Waals surface area contributed by atoms with Crippen molar-refractivity contribution >= 4 is 0 Å². The predicted molar refractivity (Wildman–Crippen MR) is 84.2 cm³/mol. The van der Waals surface area contributed by atoms with E-state index in [9.17, 15) is 0 Å². The molecule has 1 aromatic carbocycles. The van der Waals surface area contributed by atoms with Crippen LogP contribution in [0.1, 0.15) is 38.2 Å². The molecule has 20 heavy (non-hydrogen) atoms. The van der Waals surface area contributed by atoms with E-state index in [1.807, 2.05) is 13.1 Å². The number of hydrogen-bond acceptors (Lipinski definition) is 3. The van der Waals surface area contributed by atoms with E-state index in [4.69, 9.17) is 4.74 Å². The molecule has 1 aliphatic rings. The van der Waals surface area contributed by atoms with E-state index < -0.39 is 0 Å². The van der Waals surface area contributed by atoms with Crippen molar-refractivity contribution in [2.24, 2.45) is 0 Å². The average molecular weight is 276 g/mol. The van der Waals surface area contributed by atoms with Gasteiger partial charge in [-0.25, -0.2) is 0 Å². The molecule has 0 saturated carbocycles. The first kappa shape index (κ1) is 15.3. The minimum atomic E-state index is 0.702. The molecule has 2 rings (SSSR count). The maximum atomic E-state index is 6.00. The first-order valence-electron chi connectivity index (χ1n) is 7.90. The van der Waals surface area contributed by atoms with E-state index in [1.54, 1.807) is 0 Å². The van der Waals surface area contributed by atoms with Crippen LogP contribution in [0.5, 0.6) is 5.75 Å². The van der Waals surface area contributed by atoms with Crippen molar-refractivity contribution in [3.05, 3.63) is 29.8 Å². The molecule has 0 aliphatic carbocycles. The van der Waals surface area contributed by atoms with Gasteiger partial charge < -0.3 is 10.1 Å². The second-order valence-electron chi connectivity index (χ2n) is 5.72.